The summed E-state index contributed by atoms with van der Waals surface area (Å²) in [6.07, 6.45) is 1.02. The normalized spacial score (nSPS) is 27.5. The zero-order valence-electron chi connectivity index (χ0n) is 7.21. The Morgan fingerprint density at radius 3 is 2.31 bits per heavy atom. The van der Waals surface area contributed by atoms with Crippen LogP contribution in [0, 0.1) is 5.41 Å². The maximum atomic E-state index is 11.4. The molecule has 1 atom stereocenters. The SMILES string of the molecule is NC(=O)CC1(C(N)=O)CCCC1=O. The summed E-state index contributed by atoms with van der Waals surface area (Å²) in [7, 11) is 0. The summed E-state index contributed by atoms with van der Waals surface area (Å²) < 4.78 is 0. The second kappa shape index (κ2) is 3.16. The van der Waals surface area contributed by atoms with Crippen molar-refractivity contribution < 1.29 is 14.4 Å². The summed E-state index contributed by atoms with van der Waals surface area (Å²) in [4.78, 5) is 33.1. The van der Waals surface area contributed by atoms with E-state index in [-0.39, 0.29) is 12.2 Å². The van der Waals surface area contributed by atoms with Crippen LogP contribution in [-0.4, -0.2) is 17.6 Å². The van der Waals surface area contributed by atoms with Gasteiger partial charge in [0.15, 0.2) is 0 Å². The molecule has 72 valence electrons. The van der Waals surface area contributed by atoms with Crippen LogP contribution in [0.4, 0.5) is 0 Å². The van der Waals surface area contributed by atoms with Gasteiger partial charge < -0.3 is 11.5 Å². The van der Waals surface area contributed by atoms with Crippen molar-refractivity contribution in [3.63, 3.8) is 0 Å². The first-order chi connectivity index (χ1) is 5.99. The minimum absolute atomic E-state index is 0.249. The van der Waals surface area contributed by atoms with Crippen LogP contribution in [0.1, 0.15) is 25.7 Å². The molecule has 0 aromatic heterocycles. The van der Waals surface area contributed by atoms with Crippen molar-refractivity contribution in [2.24, 2.45) is 16.9 Å². The van der Waals surface area contributed by atoms with E-state index < -0.39 is 17.2 Å². The molecule has 5 nitrogen and oxygen atoms in total. The lowest BCUT2D eigenvalue weighted by molar-refractivity contribution is -0.141. The molecular formula is C8H12N2O3. The van der Waals surface area contributed by atoms with Gasteiger partial charge in [-0.1, -0.05) is 0 Å². The Kier molecular flexibility index (Phi) is 2.36. The van der Waals surface area contributed by atoms with Gasteiger partial charge in [0, 0.05) is 12.8 Å². The van der Waals surface area contributed by atoms with E-state index in [0.29, 0.717) is 19.3 Å². The van der Waals surface area contributed by atoms with Gasteiger partial charge in [-0.25, -0.2) is 0 Å². The molecule has 1 saturated carbocycles. The largest absolute Gasteiger partial charge is 0.370 e. The topological polar surface area (TPSA) is 103 Å². The molecule has 0 aromatic carbocycles. The van der Waals surface area contributed by atoms with Crippen molar-refractivity contribution in [2.45, 2.75) is 25.7 Å². The molecule has 1 fully saturated rings. The molecular weight excluding hydrogens is 172 g/mol. The van der Waals surface area contributed by atoms with E-state index in [4.69, 9.17) is 11.5 Å². The summed E-state index contributed by atoms with van der Waals surface area (Å²) in [6.45, 7) is 0. The van der Waals surface area contributed by atoms with Gasteiger partial charge in [-0.15, -0.1) is 0 Å². The minimum Gasteiger partial charge on any atom is -0.370 e. The zero-order chi connectivity index (χ0) is 10.1. The number of hydrogen-bond donors (Lipinski definition) is 2. The van der Waals surface area contributed by atoms with Gasteiger partial charge in [-0.3, -0.25) is 14.4 Å². The predicted octanol–water partition coefficient (Wildman–Crippen LogP) is -0.914. The van der Waals surface area contributed by atoms with Crippen LogP contribution < -0.4 is 11.5 Å². The molecule has 2 amide bonds. The quantitative estimate of drug-likeness (QED) is 0.554. The van der Waals surface area contributed by atoms with Crippen molar-refractivity contribution in [3.05, 3.63) is 0 Å². The molecule has 1 unspecified atom stereocenters. The van der Waals surface area contributed by atoms with E-state index >= 15 is 0 Å². The summed E-state index contributed by atoms with van der Waals surface area (Å²) in [5, 5.41) is 0. The lowest BCUT2D eigenvalue weighted by atomic mass is 9.81. The molecule has 0 aromatic rings. The third-order valence-corrected chi connectivity index (χ3v) is 2.49. The first-order valence-electron chi connectivity index (χ1n) is 4.10. The lowest BCUT2D eigenvalue weighted by Crippen LogP contribution is -2.43. The Bertz CT molecular complexity index is 275. The van der Waals surface area contributed by atoms with Crippen molar-refractivity contribution in [1.82, 2.24) is 0 Å². The molecule has 0 aliphatic heterocycles. The fourth-order valence-corrected chi connectivity index (χ4v) is 1.76. The van der Waals surface area contributed by atoms with Crippen LogP contribution in [0.15, 0.2) is 0 Å². The molecule has 0 bridgehead atoms. The molecule has 0 saturated heterocycles. The van der Waals surface area contributed by atoms with Gasteiger partial charge in [0.05, 0.1) is 0 Å². The molecule has 4 N–H and O–H groups in total. The summed E-state index contributed by atoms with van der Waals surface area (Å²) in [6, 6.07) is 0. The van der Waals surface area contributed by atoms with Gasteiger partial charge in [-0.05, 0) is 12.8 Å². The van der Waals surface area contributed by atoms with Gasteiger partial charge in [0.25, 0.3) is 0 Å². The van der Waals surface area contributed by atoms with Crippen LogP contribution in [0.3, 0.4) is 0 Å². The van der Waals surface area contributed by atoms with Crippen LogP contribution >= 0.6 is 0 Å². The van der Waals surface area contributed by atoms with Crippen LogP contribution in [0.25, 0.3) is 0 Å². The average Bonchev–Trinajstić information content (AvgIpc) is 2.32. The van der Waals surface area contributed by atoms with Gasteiger partial charge in [0.1, 0.15) is 11.2 Å². The van der Waals surface area contributed by atoms with Crippen molar-refractivity contribution in [3.8, 4) is 0 Å². The van der Waals surface area contributed by atoms with E-state index in [1.165, 1.54) is 0 Å². The van der Waals surface area contributed by atoms with Crippen molar-refractivity contribution in [1.29, 1.82) is 0 Å². The molecule has 0 radical (unpaired) electrons. The number of amides is 2. The number of Topliss-reactive ketones (excluding diaryl/α,β-unsaturated/α-hetero) is 1. The molecule has 0 spiro atoms. The third kappa shape index (κ3) is 1.54. The fourth-order valence-electron chi connectivity index (χ4n) is 1.76. The Morgan fingerprint density at radius 2 is 2.00 bits per heavy atom. The zero-order valence-corrected chi connectivity index (χ0v) is 7.21. The number of hydrogen-bond acceptors (Lipinski definition) is 3. The Morgan fingerprint density at radius 1 is 1.38 bits per heavy atom. The summed E-state index contributed by atoms with van der Waals surface area (Å²) >= 11 is 0. The first kappa shape index (κ1) is 9.70. The number of primary amides is 2. The molecule has 1 rings (SSSR count). The Hall–Kier alpha value is -1.39. The second-order valence-corrected chi connectivity index (χ2v) is 3.37. The van der Waals surface area contributed by atoms with Crippen LogP contribution in [0.2, 0.25) is 0 Å². The van der Waals surface area contributed by atoms with Gasteiger partial charge in [0.2, 0.25) is 11.8 Å². The fraction of sp³-hybridized carbons (Fsp3) is 0.625. The molecule has 5 heteroatoms. The molecule has 1 aliphatic carbocycles. The monoisotopic (exact) mass is 184 g/mol. The number of carbonyl (C=O) groups is 3. The van der Waals surface area contributed by atoms with E-state index in [1.807, 2.05) is 0 Å². The summed E-state index contributed by atoms with van der Waals surface area (Å²) in [5.41, 5.74) is 8.76. The van der Waals surface area contributed by atoms with Crippen molar-refractivity contribution >= 4 is 17.6 Å². The van der Waals surface area contributed by atoms with E-state index in [9.17, 15) is 14.4 Å². The minimum atomic E-state index is -1.30. The number of nitrogens with two attached hydrogens (primary N) is 2. The highest BCUT2D eigenvalue weighted by Crippen LogP contribution is 2.37. The third-order valence-electron chi connectivity index (χ3n) is 2.49. The smallest absolute Gasteiger partial charge is 0.231 e. The predicted molar refractivity (Wildman–Crippen MR) is 44.3 cm³/mol. The number of ketones is 1. The molecule has 13 heavy (non-hydrogen) atoms. The van der Waals surface area contributed by atoms with Crippen LogP contribution in [0.5, 0.6) is 0 Å². The maximum absolute atomic E-state index is 11.4. The maximum Gasteiger partial charge on any atom is 0.231 e. The van der Waals surface area contributed by atoms with Crippen LogP contribution in [-0.2, 0) is 14.4 Å². The highest BCUT2D eigenvalue weighted by atomic mass is 16.2. The first-order valence-corrected chi connectivity index (χ1v) is 4.10. The van der Waals surface area contributed by atoms with Gasteiger partial charge in [-0.2, -0.15) is 0 Å². The Labute approximate surface area is 75.5 Å². The average molecular weight is 184 g/mol. The van der Waals surface area contributed by atoms with E-state index in [2.05, 4.69) is 0 Å². The van der Waals surface area contributed by atoms with Gasteiger partial charge >= 0.3 is 0 Å². The number of rotatable bonds is 3. The number of carbonyl (C=O) groups excluding carboxylic acids is 3. The van der Waals surface area contributed by atoms with Crippen molar-refractivity contribution in [2.75, 3.05) is 0 Å². The van der Waals surface area contributed by atoms with E-state index in [0.717, 1.165) is 0 Å². The summed E-state index contributed by atoms with van der Waals surface area (Å²) in [5.74, 6) is -1.64. The standard InChI is InChI=1S/C8H12N2O3/c9-6(12)4-8(7(10)13)3-1-2-5(8)11/h1-4H2,(H2,9,12)(H2,10,13). The molecule has 1 aliphatic rings. The Balaban J connectivity index is 2.93. The van der Waals surface area contributed by atoms with E-state index in [1.54, 1.807) is 0 Å². The second-order valence-electron chi connectivity index (χ2n) is 3.37. The highest BCUT2D eigenvalue weighted by molar-refractivity contribution is 6.09. The molecule has 0 heterocycles. The lowest BCUT2D eigenvalue weighted by Gasteiger charge is -2.20. The highest BCUT2D eigenvalue weighted by Gasteiger charge is 2.48.